The fraction of sp³-hybridized carbons (Fsp3) is 0.588. The van der Waals surface area contributed by atoms with Crippen molar-refractivity contribution in [2.75, 3.05) is 0 Å². The van der Waals surface area contributed by atoms with Gasteiger partial charge in [0.05, 0.1) is 6.10 Å². The Kier molecular flexibility index (Phi) is 3.54. The number of rotatable bonds is 2. The van der Waals surface area contributed by atoms with Gasteiger partial charge < -0.3 is 14.6 Å². The van der Waals surface area contributed by atoms with Crippen molar-refractivity contribution in [1.29, 1.82) is 0 Å². The quantitative estimate of drug-likeness (QED) is 0.908. The van der Waals surface area contributed by atoms with Crippen LogP contribution in [-0.2, 0) is 15.9 Å². The third kappa shape index (κ3) is 2.17. The maximum Gasteiger partial charge on any atom is 0.192 e. The second kappa shape index (κ2) is 5.11. The molecular formula is C17H22O4. The SMILES string of the molecule is CCC(C)C1OC2OC(C)Cc3cc(O)c(C)c(c32)C1=O. The fourth-order valence-corrected chi connectivity index (χ4v) is 3.28. The largest absolute Gasteiger partial charge is 0.508 e. The van der Waals surface area contributed by atoms with E-state index in [0.29, 0.717) is 17.5 Å². The van der Waals surface area contributed by atoms with Crippen molar-refractivity contribution in [1.82, 2.24) is 0 Å². The van der Waals surface area contributed by atoms with Crippen LogP contribution >= 0.6 is 0 Å². The molecule has 1 N–H and O–H groups in total. The average molecular weight is 290 g/mol. The lowest BCUT2D eigenvalue weighted by molar-refractivity contribution is -0.205. The molecule has 0 bridgehead atoms. The summed E-state index contributed by atoms with van der Waals surface area (Å²) in [5.41, 5.74) is 3.04. The van der Waals surface area contributed by atoms with Crippen molar-refractivity contribution in [3.8, 4) is 5.75 Å². The summed E-state index contributed by atoms with van der Waals surface area (Å²) in [6, 6.07) is 1.75. The highest BCUT2D eigenvalue weighted by atomic mass is 16.7. The zero-order valence-corrected chi connectivity index (χ0v) is 13.0. The highest BCUT2D eigenvalue weighted by molar-refractivity contribution is 6.04. The Labute approximate surface area is 125 Å². The summed E-state index contributed by atoms with van der Waals surface area (Å²) in [5.74, 6) is 0.287. The van der Waals surface area contributed by atoms with Crippen molar-refractivity contribution in [3.63, 3.8) is 0 Å². The minimum absolute atomic E-state index is 0.0169. The van der Waals surface area contributed by atoms with Crippen LogP contribution in [0.4, 0.5) is 0 Å². The molecular weight excluding hydrogens is 268 g/mol. The van der Waals surface area contributed by atoms with Gasteiger partial charge in [0.2, 0.25) is 0 Å². The van der Waals surface area contributed by atoms with Gasteiger partial charge in [0, 0.05) is 16.7 Å². The molecule has 114 valence electrons. The van der Waals surface area contributed by atoms with E-state index in [4.69, 9.17) is 9.47 Å². The first-order valence-electron chi connectivity index (χ1n) is 7.64. The van der Waals surface area contributed by atoms with Crippen molar-refractivity contribution in [2.24, 2.45) is 5.92 Å². The van der Waals surface area contributed by atoms with E-state index < -0.39 is 12.4 Å². The summed E-state index contributed by atoms with van der Waals surface area (Å²) in [6.07, 6.45) is 0.583. The van der Waals surface area contributed by atoms with E-state index in [1.807, 2.05) is 20.8 Å². The fourth-order valence-electron chi connectivity index (χ4n) is 3.28. The second-order valence-electron chi connectivity index (χ2n) is 6.26. The molecule has 2 heterocycles. The summed E-state index contributed by atoms with van der Waals surface area (Å²) < 4.78 is 11.9. The number of phenolic OH excluding ortho intramolecular Hbond substituents is 1. The van der Waals surface area contributed by atoms with E-state index in [2.05, 4.69) is 0 Å². The van der Waals surface area contributed by atoms with Gasteiger partial charge in [-0.05, 0) is 37.8 Å². The highest BCUT2D eigenvalue weighted by Gasteiger charge is 2.42. The van der Waals surface area contributed by atoms with Gasteiger partial charge in [0.25, 0.3) is 0 Å². The minimum atomic E-state index is -0.494. The van der Waals surface area contributed by atoms with Crippen LogP contribution < -0.4 is 0 Å². The van der Waals surface area contributed by atoms with Crippen LogP contribution in [0.15, 0.2) is 6.07 Å². The van der Waals surface area contributed by atoms with E-state index in [1.54, 1.807) is 13.0 Å². The van der Waals surface area contributed by atoms with Gasteiger partial charge in [-0.3, -0.25) is 4.79 Å². The van der Waals surface area contributed by atoms with Crippen molar-refractivity contribution in [2.45, 2.75) is 59.0 Å². The van der Waals surface area contributed by atoms with Gasteiger partial charge in [-0.15, -0.1) is 0 Å². The Bertz CT molecular complexity index is 593. The van der Waals surface area contributed by atoms with E-state index >= 15 is 0 Å². The zero-order valence-electron chi connectivity index (χ0n) is 13.0. The molecule has 4 atom stereocenters. The number of Topliss-reactive ketones (excluding diaryl/α,β-unsaturated/α-hetero) is 1. The maximum absolute atomic E-state index is 12.8. The van der Waals surface area contributed by atoms with Crippen molar-refractivity contribution in [3.05, 3.63) is 28.3 Å². The van der Waals surface area contributed by atoms with Gasteiger partial charge >= 0.3 is 0 Å². The predicted molar refractivity (Wildman–Crippen MR) is 78.5 cm³/mol. The van der Waals surface area contributed by atoms with Crippen LogP contribution in [0.3, 0.4) is 0 Å². The number of hydrogen-bond donors (Lipinski definition) is 1. The number of hydrogen-bond acceptors (Lipinski definition) is 4. The zero-order chi connectivity index (χ0) is 15.3. The van der Waals surface area contributed by atoms with Crippen LogP contribution in [0.2, 0.25) is 0 Å². The molecule has 2 aliphatic rings. The summed E-state index contributed by atoms with van der Waals surface area (Å²) in [6.45, 7) is 7.83. The smallest absolute Gasteiger partial charge is 0.192 e. The molecule has 21 heavy (non-hydrogen) atoms. The van der Waals surface area contributed by atoms with Crippen LogP contribution in [0, 0.1) is 12.8 Å². The number of benzene rings is 1. The van der Waals surface area contributed by atoms with E-state index in [0.717, 1.165) is 17.5 Å². The monoisotopic (exact) mass is 290 g/mol. The Hall–Kier alpha value is -1.39. The number of aromatic hydroxyl groups is 1. The van der Waals surface area contributed by atoms with Crippen molar-refractivity contribution >= 4 is 5.78 Å². The lowest BCUT2D eigenvalue weighted by Crippen LogP contribution is -2.42. The lowest BCUT2D eigenvalue weighted by atomic mass is 9.82. The molecule has 1 aromatic carbocycles. The lowest BCUT2D eigenvalue weighted by Gasteiger charge is -2.40. The summed E-state index contributed by atoms with van der Waals surface area (Å²) in [5, 5.41) is 10.1. The van der Waals surface area contributed by atoms with Gasteiger partial charge in [0.1, 0.15) is 11.9 Å². The van der Waals surface area contributed by atoms with Crippen LogP contribution in [0.25, 0.3) is 0 Å². The Morgan fingerprint density at radius 3 is 2.81 bits per heavy atom. The normalized spacial score (nSPS) is 29.1. The summed E-state index contributed by atoms with van der Waals surface area (Å²) >= 11 is 0. The molecule has 0 fully saturated rings. The van der Waals surface area contributed by atoms with Gasteiger partial charge in [0.15, 0.2) is 12.1 Å². The molecule has 3 rings (SSSR count). The van der Waals surface area contributed by atoms with Gasteiger partial charge in [-0.2, -0.15) is 0 Å². The highest BCUT2D eigenvalue weighted by Crippen LogP contribution is 2.44. The molecule has 2 aliphatic heterocycles. The number of carbonyl (C=O) groups is 1. The predicted octanol–water partition coefficient (Wildman–Crippen LogP) is 3.29. The minimum Gasteiger partial charge on any atom is -0.508 e. The number of ketones is 1. The molecule has 4 heteroatoms. The van der Waals surface area contributed by atoms with Gasteiger partial charge in [-0.25, -0.2) is 0 Å². The molecule has 0 aromatic heterocycles. The number of ether oxygens (including phenoxy) is 2. The molecule has 0 spiro atoms. The molecule has 0 amide bonds. The topological polar surface area (TPSA) is 55.8 Å². The third-order valence-electron chi connectivity index (χ3n) is 4.72. The van der Waals surface area contributed by atoms with Crippen LogP contribution in [0.5, 0.6) is 5.75 Å². The third-order valence-corrected chi connectivity index (χ3v) is 4.72. The molecule has 1 aromatic rings. The second-order valence-corrected chi connectivity index (χ2v) is 6.26. The first-order valence-corrected chi connectivity index (χ1v) is 7.64. The molecule has 0 saturated heterocycles. The number of phenols is 1. The maximum atomic E-state index is 12.8. The van der Waals surface area contributed by atoms with E-state index in [1.165, 1.54) is 0 Å². The average Bonchev–Trinajstić information content (AvgIpc) is 2.44. The Balaban J connectivity index is 2.18. The molecule has 4 unspecified atom stereocenters. The molecule has 4 nitrogen and oxygen atoms in total. The van der Waals surface area contributed by atoms with Crippen LogP contribution in [0.1, 0.15) is 60.5 Å². The standard InChI is InChI=1S/C17H22O4/c1-5-8(2)16-15(19)13-10(4)12(18)7-11-6-9(3)20-17(21-16)14(11)13/h7-9,16-18H,5-6H2,1-4H3. The first kappa shape index (κ1) is 14.5. The molecule has 0 aliphatic carbocycles. The molecule has 0 radical (unpaired) electrons. The Morgan fingerprint density at radius 2 is 2.14 bits per heavy atom. The summed E-state index contributed by atoms with van der Waals surface area (Å²) in [7, 11) is 0. The van der Waals surface area contributed by atoms with E-state index in [-0.39, 0.29) is 23.6 Å². The first-order chi connectivity index (χ1) is 9.93. The van der Waals surface area contributed by atoms with Crippen LogP contribution in [-0.4, -0.2) is 23.1 Å². The Morgan fingerprint density at radius 1 is 1.43 bits per heavy atom. The number of carbonyl (C=O) groups excluding carboxylic acids is 1. The summed E-state index contributed by atoms with van der Waals surface area (Å²) in [4.78, 5) is 12.8. The van der Waals surface area contributed by atoms with Gasteiger partial charge in [-0.1, -0.05) is 20.3 Å². The molecule has 0 saturated carbocycles. The van der Waals surface area contributed by atoms with Crippen molar-refractivity contribution < 1.29 is 19.4 Å². The van der Waals surface area contributed by atoms with E-state index in [9.17, 15) is 9.90 Å².